The quantitative estimate of drug-likeness (QED) is 0.0320. The number of aliphatic hydroxyl groups is 2. The molecule has 6 heteroatoms. The van der Waals surface area contributed by atoms with E-state index in [4.69, 9.17) is 4.74 Å². The SMILES string of the molecule is CCCCCCCCC/C=C\CCCCCCCCCC(=O)OCCCCCCCCCCCCCC/C=C\CCCCCCCCCCCCCCCCCCCC(=O)NC(CO)C(O)CCCCCCCCCCCCCCCCCCCCCCCCCC. The third-order valence-corrected chi connectivity index (χ3v) is 20.2. The van der Waals surface area contributed by atoms with E-state index < -0.39 is 12.1 Å². The topological polar surface area (TPSA) is 95.9 Å². The van der Waals surface area contributed by atoms with Crippen LogP contribution in [0.1, 0.15) is 489 Å². The normalized spacial score (nSPS) is 12.5. The van der Waals surface area contributed by atoms with Crippen LogP contribution in [-0.4, -0.2) is 47.4 Å². The minimum atomic E-state index is -0.664. The molecule has 0 aliphatic rings. The lowest BCUT2D eigenvalue weighted by Crippen LogP contribution is -2.45. The van der Waals surface area contributed by atoms with E-state index >= 15 is 0 Å². The average Bonchev–Trinajstić information content (AvgIpc) is 3.77. The zero-order chi connectivity index (χ0) is 66.3. The van der Waals surface area contributed by atoms with Gasteiger partial charge in [-0.3, -0.25) is 9.59 Å². The first-order valence-electron chi connectivity index (χ1n) is 42.6. The fourth-order valence-corrected chi connectivity index (χ4v) is 13.8. The van der Waals surface area contributed by atoms with Crippen LogP contribution in [0.25, 0.3) is 0 Å². The molecule has 0 aliphatic heterocycles. The average molecular weight is 1300 g/mol. The van der Waals surface area contributed by atoms with Crippen LogP contribution in [-0.2, 0) is 14.3 Å². The summed E-state index contributed by atoms with van der Waals surface area (Å²) in [6.07, 6.45) is 106. The lowest BCUT2D eigenvalue weighted by Gasteiger charge is -2.22. The van der Waals surface area contributed by atoms with Gasteiger partial charge in [-0.05, 0) is 77.0 Å². The predicted octanol–water partition coefficient (Wildman–Crippen LogP) is 28.4. The number of allylic oxidation sites excluding steroid dienone is 4. The molecule has 0 bridgehead atoms. The molecule has 0 saturated carbocycles. The van der Waals surface area contributed by atoms with E-state index in [0.29, 0.717) is 25.9 Å². The third kappa shape index (κ3) is 77.3. The molecule has 0 spiro atoms. The highest BCUT2D eigenvalue weighted by molar-refractivity contribution is 5.76. The fraction of sp³-hybridized carbons (Fsp3) is 0.930. The molecule has 0 aliphatic carbocycles. The first-order valence-corrected chi connectivity index (χ1v) is 42.6. The highest BCUT2D eigenvalue weighted by Crippen LogP contribution is 2.21. The molecular weight excluding hydrogens is 1130 g/mol. The molecule has 0 fully saturated rings. The standard InChI is InChI=1S/C86H167NO5/c1-3-5-7-9-11-13-15-17-19-21-23-24-25-37-40-43-46-50-54-58-62-66-70-74-78-84(89)83(82-88)87-85(90)79-75-71-67-63-59-55-51-47-44-41-38-35-33-31-29-27-26-28-30-32-34-36-39-42-45-49-53-57-61-65-69-73-77-81-92-86(91)80-76-72-68-64-60-56-52-48-22-20-18-16-14-12-10-8-6-4-2/h20,22,30,32,83-84,88-89H,3-19,21,23-29,31,33-82H2,1-2H3,(H,87,90)/b22-20-,32-30-. The van der Waals surface area contributed by atoms with E-state index in [1.165, 1.54) is 411 Å². The van der Waals surface area contributed by atoms with Crippen LogP contribution in [0, 0.1) is 0 Å². The Bertz CT molecular complexity index is 1450. The monoisotopic (exact) mass is 1290 g/mol. The van der Waals surface area contributed by atoms with Crippen LogP contribution in [0.2, 0.25) is 0 Å². The molecule has 0 aromatic heterocycles. The number of hydrogen-bond donors (Lipinski definition) is 3. The summed E-state index contributed by atoms with van der Waals surface area (Å²) in [6.45, 7) is 5.01. The Morgan fingerprint density at radius 2 is 0.511 bits per heavy atom. The van der Waals surface area contributed by atoms with Gasteiger partial charge in [-0.1, -0.05) is 423 Å². The van der Waals surface area contributed by atoms with Crippen LogP contribution in [0.4, 0.5) is 0 Å². The molecule has 0 heterocycles. The van der Waals surface area contributed by atoms with Crippen molar-refractivity contribution in [3.63, 3.8) is 0 Å². The molecule has 1 amide bonds. The van der Waals surface area contributed by atoms with Crippen LogP contribution in [0.3, 0.4) is 0 Å². The van der Waals surface area contributed by atoms with E-state index in [2.05, 4.69) is 43.5 Å². The molecule has 6 nitrogen and oxygen atoms in total. The number of esters is 1. The minimum absolute atomic E-state index is 0.0171. The molecule has 3 N–H and O–H groups in total. The Kier molecular flexibility index (Phi) is 80.3. The van der Waals surface area contributed by atoms with Gasteiger partial charge >= 0.3 is 5.97 Å². The second-order valence-corrected chi connectivity index (χ2v) is 29.5. The van der Waals surface area contributed by atoms with E-state index in [1.807, 2.05) is 0 Å². The van der Waals surface area contributed by atoms with Gasteiger partial charge in [0.05, 0.1) is 25.4 Å². The van der Waals surface area contributed by atoms with Gasteiger partial charge in [0.15, 0.2) is 0 Å². The maximum atomic E-state index is 12.6. The highest BCUT2D eigenvalue weighted by atomic mass is 16.5. The summed E-state index contributed by atoms with van der Waals surface area (Å²) in [5.41, 5.74) is 0. The van der Waals surface area contributed by atoms with Gasteiger partial charge in [0.25, 0.3) is 0 Å². The largest absolute Gasteiger partial charge is 0.466 e. The summed E-state index contributed by atoms with van der Waals surface area (Å²) in [6, 6.07) is -0.541. The molecule has 0 aromatic rings. The number of carbonyl (C=O) groups is 2. The molecule has 0 rings (SSSR count). The predicted molar refractivity (Wildman–Crippen MR) is 407 cm³/mol. The molecule has 0 radical (unpaired) electrons. The molecule has 546 valence electrons. The molecule has 2 unspecified atom stereocenters. The van der Waals surface area contributed by atoms with Crippen LogP contribution < -0.4 is 5.32 Å². The number of aliphatic hydroxyl groups excluding tert-OH is 2. The van der Waals surface area contributed by atoms with Gasteiger partial charge in [0.2, 0.25) is 5.91 Å². The maximum Gasteiger partial charge on any atom is 0.305 e. The van der Waals surface area contributed by atoms with Crippen LogP contribution in [0.15, 0.2) is 24.3 Å². The zero-order valence-corrected chi connectivity index (χ0v) is 62.8. The van der Waals surface area contributed by atoms with Gasteiger partial charge in [-0.25, -0.2) is 0 Å². The van der Waals surface area contributed by atoms with Crippen molar-refractivity contribution in [1.29, 1.82) is 0 Å². The van der Waals surface area contributed by atoms with Crippen molar-refractivity contribution in [2.75, 3.05) is 13.2 Å². The smallest absolute Gasteiger partial charge is 0.305 e. The zero-order valence-electron chi connectivity index (χ0n) is 62.8. The van der Waals surface area contributed by atoms with Crippen LogP contribution >= 0.6 is 0 Å². The summed E-state index contributed by atoms with van der Waals surface area (Å²) < 4.78 is 5.51. The van der Waals surface area contributed by atoms with Crippen molar-refractivity contribution in [2.45, 2.75) is 501 Å². The second kappa shape index (κ2) is 81.8. The summed E-state index contributed by atoms with van der Waals surface area (Å²) >= 11 is 0. The molecule has 2 atom stereocenters. The van der Waals surface area contributed by atoms with Crippen molar-refractivity contribution in [3.8, 4) is 0 Å². The van der Waals surface area contributed by atoms with Crippen molar-refractivity contribution >= 4 is 11.9 Å². The summed E-state index contributed by atoms with van der Waals surface area (Å²) in [7, 11) is 0. The number of ether oxygens (including phenoxy) is 1. The molecule has 0 saturated heterocycles. The van der Waals surface area contributed by atoms with Gasteiger partial charge < -0.3 is 20.3 Å². The van der Waals surface area contributed by atoms with Crippen molar-refractivity contribution < 1.29 is 24.5 Å². The van der Waals surface area contributed by atoms with Gasteiger partial charge in [-0.2, -0.15) is 0 Å². The maximum absolute atomic E-state index is 12.6. The Labute approximate surface area is 577 Å². The first kappa shape index (κ1) is 90.3. The number of carbonyl (C=O) groups excluding carboxylic acids is 2. The minimum Gasteiger partial charge on any atom is -0.466 e. The number of unbranched alkanes of at least 4 members (excludes halogenated alkanes) is 66. The van der Waals surface area contributed by atoms with Gasteiger partial charge in [0, 0.05) is 12.8 Å². The molecular formula is C86H167NO5. The lowest BCUT2D eigenvalue weighted by molar-refractivity contribution is -0.143. The Morgan fingerprint density at radius 1 is 0.293 bits per heavy atom. The van der Waals surface area contributed by atoms with E-state index in [1.54, 1.807) is 0 Å². The third-order valence-electron chi connectivity index (χ3n) is 20.2. The molecule has 92 heavy (non-hydrogen) atoms. The Balaban J connectivity index is 3.34. The number of hydrogen-bond acceptors (Lipinski definition) is 5. The van der Waals surface area contributed by atoms with Gasteiger partial charge in [0.1, 0.15) is 0 Å². The summed E-state index contributed by atoms with van der Waals surface area (Å²) in [5, 5.41) is 23.5. The first-order chi connectivity index (χ1) is 45.5. The summed E-state index contributed by atoms with van der Waals surface area (Å²) in [4.78, 5) is 24.7. The summed E-state index contributed by atoms with van der Waals surface area (Å²) in [5.74, 6) is -0.00862. The number of rotatable bonds is 81. The van der Waals surface area contributed by atoms with E-state index in [0.717, 1.165) is 44.9 Å². The lowest BCUT2D eigenvalue weighted by atomic mass is 10.0. The fourth-order valence-electron chi connectivity index (χ4n) is 13.8. The Morgan fingerprint density at radius 3 is 0.772 bits per heavy atom. The van der Waals surface area contributed by atoms with Gasteiger partial charge in [-0.15, -0.1) is 0 Å². The molecule has 0 aromatic carbocycles. The Hall–Kier alpha value is -1.66. The number of amides is 1. The van der Waals surface area contributed by atoms with E-state index in [9.17, 15) is 19.8 Å². The number of nitrogens with one attached hydrogen (secondary N) is 1. The van der Waals surface area contributed by atoms with Crippen LogP contribution in [0.5, 0.6) is 0 Å². The van der Waals surface area contributed by atoms with Crippen molar-refractivity contribution in [3.05, 3.63) is 24.3 Å². The second-order valence-electron chi connectivity index (χ2n) is 29.5. The van der Waals surface area contributed by atoms with Crippen molar-refractivity contribution in [1.82, 2.24) is 5.32 Å². The highest BCUT2D eigenvalue weighted by Gasteiger charge is 2.20. The van der Waals surface area contributed by atoms with E-state index in [-0.39, 0.29) is 18.5 Å². The van der Waals surface area contributed by atoms with Crippen molar-refractivity contribution in [2.24, 2.45) is 0 Å².